The fourth-order valence-corrected chi connectivity index (χ4v) is 3.30. The number of thiophene rings is 1. The molecule has 0 aromatic carbocycles. The van der Waals surface area contributed by atoms with Crippen LogP contribution in [0.1, 0.15) is 36.3 Å². The standard InChI is InChI=1S/C12H13NOS/c1-12(2)5-8-10(9(14)6-12)7-3-4-15-11(7)13-8/h3-4,13H,5-6H2,1-2H3. The van der Waals surface area contributed by atoms with Crippen LogP contribution in [0.4, 0.5) is 0 Å². The summed E-state index contributed by atoms with van der Waals surface area (Å²) in [6, 6.07) is 2.05. The molecule has 1 aliphatic rings. The lowest BCUT2D eigenvalue weighted by Gasteiger charge is -2.28. The summed E-state index contributed by atoms with van der Waals surface area (Å²) in [6.07, 6.45) is 1.65. The molecule has 0 amide bonds. The Labute approximate surface area is 92.3 Å². The molecule has 0 unspecified atom stereocenters. The summed E-state index contributed by atoms with van der Waals surface area (Å²) >= 11 is 1.68. The van der Waals surface area contributed by atoms with Crippen LogP contribution in [0.3, 0.4) is 0 Å². The van der Waals surface area contributed by atoms with Crippen molar-refractivity contribution >= 4 is 27.3 Å². The van der Waals surface area contributed by atoms with Gasteiger partial charge in [-0.25, -0.2) is 0 Å². The molecule has 0 radical (unpaired) electrons. The number of carbonyl (C=O) groups is 1. The summed E-state index contributed by atoms with van der Waals surface area (Å²) < 4.78 is 0. The molecule has 78 valence electrons. The third-order valence-corrected chi connectivity index (χ3v) is 3.90. The predicted octanol–water partition coefficient (Wildman–Crippen LogP) is 3.38. The maximum Gasteiger partial charge on any atom is 0.165 e. The molecule has 2 heterocycles. The molecule has 2 aromatic rings. The first kappa shape index (κ1) is 9.16. The van der Waals surface area contributed by atoms with Crippen molar-refractivity contribution in [2.24, 2.45) is 5.41 Å². The van der Waals surface area contributed by atoms with Gasteiger partial charge in [-0.15, -0.1) is 11.3 Å². The molecule has 0 saturated carbocycles. The van der Waals surface area contributed by atoms with Crippen molar-refractivity contribution in [3.8, 4) is 0 Å². The number of rotatable bonds is 0. The SMILES string of the molecule is CC1(C)CC(=O)c2c([nH]c3sccc23)C1. The van der Waals surface area contributed by atoms with Gasteiger partial charge in [0.1, 0.15) is 4.83 Å². The predicted molar refractivity (Wildman–Crippen MR) is 62.6 cm³/mol. The van der Waals surface area contributed by atoms with Gasteiger partial charge in [-0.05, 0) is 23.3 Å². The minimum Gasteiger partial charge on any atom is -0.349 e. The van der Waals surface area contributed by atoms with Gasteiger partial charge < -0.3 is 4.98 Å². The van der Waals surface area contributed by atoms with Crippen molar-refractivity contribution in [2.45, 2.75) is 26.7 Å². The minimum atomic E-state index is 0.108. The molecule has 3 rings (SSSR count). The highest BCUT2D eigenvalue weighted by Crippen LogP contribution is 2.38. The maximum atomic E-state index is 12.1. The van der Waals surface area contributed by atoms with Crippen LogP contribution in [0.5, 0.6) is 0 Å². The average molecular weight is 219 g/mol. The van der Waals surface area contributed by atoms with E-state index in [1.807, 2.05) is 11.4 Å². The lowest BCUT2D eigenvalue weighted by atomic mass is 9.76. The second kappa shape index (κ2) is 2.73. The van der Waals surface area contributed by atoms with Gasteiger partial charge in [0.2, 0.25) is 0 Å². The Bertz CT molecular complexity index is 547. The Hall–Kier alpha value is -1.09. The van der Waals surface area contributed by atoms with Crippen molar-refractivity contribution < 1.29 is 4.79 Å². The molecule has 0 bridgehead atoms. The number of aromatic amines is 1. The van der Waals surface area contributed by atoms with Gasteiger partial charge in [-0.3, -0.25) is 4.79 Å². The van der Waals surface area contributed by atoms with Crippen LogP contribution in [-0.2, 0) is 6.42 Å². The summed E-state index contributed by atoms with van der Waals surface area (Å²) in [5.41, 5.74) is 2.19. The van der Waals surface area contributed by atoms with Gasteiger partial charge in [-0.2, -0.15) is 0 Å². The second-order valence-electron chi connectivity index (χ2n) is 5.08. The Morgan fingerprint density at radius 1 is 1.40 bits per heavy atom. The number of fused-ring (bicyclic) bond motifs is 3. The van der Waals surface area contributed by atoms with Crippen molar-refractivity contribution in [1.82, 2.24) is 4.98 Å². The van der Waals surface area contributed by atoms with E-state index in [2.05, 4.69) is 18.8 Å². The third-order valence-electron chi connectivity index (χ3n) is 3.07. The second-order valence-corrected chi connectivity index (χ2v) is 6.00. The van der Waals surface area contributed by atoms with Crippen molar-refractivity contribution in [1.29, 1.82) is 0 Å². The topological polar surface area (TPSA) is 32.9 Å². The normalized spacial score (nSPS) is 19.5. The van der Waals surface area contributed by atoms with E-state index in [4.69, 9.17) is 0 Å². The first-order valence-corrected chi connectivity index (χ1v) is 6.06. The molecule has 0 fully saturated rings. The number of ketones is 1. The number of hydrogen-bond donors (Lipinski definition) is 1. The molecule has 0 saturated heterocycles. The number of Topliss-reactive ketones (excluding diaryl/α,β-unsaturated/α-hetero) is 1. The number of nitrogens with one attached hydrogen (secondary N) is 1. The first-order chi connectivity index (χ1) is 7.07. The zero-order valence-electron chi connectivity index (χ0n) is 8.89. The number of aromatic nitrogens is 1. The van der Waals surface area contributed by atoms with E-state index in [1.54, 1.807) is 11.3 Å². The largest absolute Gasteiger partial charge is 0.349 e. The van der Waals surface area contributed by atoms with Crippen LogP contribution < -0.4 is 0 Å². The lowest BCUT2D eigenvalue weighted by Crippen LogP contribution is -2.26. The monoisotopic (exact) mass is 219 g/mol. The van der Waals surface area contributed by atoms with E-state index in [0.29, 0.717) is 12.2 Å². The molecule has 0 aliphatic heterocycles. The highest BCUT2D eigenvalue weighted by molar-refractivity contribution is 7.16. The maximum absolute atomic E-state index is 12.1. The fraction of sp³-hybridized carbons (Fsp3) is 0.417. The molecule has 15 heavy (non-hydrogen) atoms. The van der Waals surface area contributed by atoms with E-state index in [9.17, 15) is 4.79 Å². The Morgan fingerprint density at radius 3 is 3.00 bits per heavy atom. The summed E-state index contributed by atoms with van der Waals surface area (Å²) in [6.45, 7) is 4.31. The Kier molecular flexibility index (Phi) is 1.67. The third kappa shape index (κ3) is 1.26. The van der Waals surface area contributed by atoms with Crippen molar-refractivity contribution in [3.63, 3.8) is 0 Å². The lowest BCUT2D eigenvalue weighted by molar-refractivity contribution is 0.0913. The van der Waals surface area contributed by atoms with Crippen molar-refractivity contribution in [3.05, 3.63) is 22.7 Å². The zero-order chi connectivity index (χ0) is 10.6. The molecule has 0 atom stereocenters. The van der Waals surface area contributed by atoms with Gasteiger partial charge in [0.05, 0.1) is 0 Å². The van der Waals surface area contributed by atoms with Gasteiger partial charge in [0, 0.05) is 23.1 Å². The molecule has 2 aromatic heterocycles. The molecular weight excluding hydrogens is 206 g/mol. The molecule has 2 nitrogen and oxygen atoms in total. The highest BCUT2D eigenvalue weighted by Gasteiger charge is 2.33. The fourth-order valence-electron chi connectivity index (χ4n) is 2.48. The Morgan fingerprint density at radius 2 is 2.20 bits per heavy atom. The summed E-state index contributed by atoms with van der Waals surface area (Å²) in [7, 11) is 0. The Balaban J connectivity index is 2.27. The first-order valence-electron chi connectivity index (χ1n) is 5.18. The smallest absolute Gasteiger partial charge is 0.165 e. The minimum absolute atomic E-state index is 0.108. The van der Waals surface area contributed by atoms with Crippen LogP contribution in [0.2, 0.25) is 0 Å². The van der Waals surface area contributed by atoms with E-state index in [0.717, 1.165) is 27.9 Å². The molecular formula is C12H13NOS. The summed E-state index contributed by atoms with van der Waals surface area (Å²) in [4.78, 5) is 16.6. The summed E-state index contributed by atoms with van der Waals surface area (Å²) in [5.74, 6) is 0.297. The van der Waals surface area contributed by atoms with E-state index in [1.165, 1.54) is 0 Å². The van der Waals surface area contributed by atoms with Crippen LogP contribution in [0.25, 0.3) is 10.2 Å². The van der Waals surface area contributed by atoms with E-state index >= 15 is 0 Å². The number of carbonyl (C=O) groups excluding carboxylic acids is 1. The van der Waals surface area contributed by atoms with Gasteiger partial charge in [0.25, 0.3) is 0 Å². The van der Waals surface area contributed by atoms with Gasteiger partial charge in [0.15, 0.2) is 5.78 Å². The molecule has 1 aliphatic carbocycles. The summed E-state index contributed by atoms with van der Waals surface area (Å²) in [5, 5.41) is 3.16. The van der Waals surface area contributed by atoms with Gasteiger partial charge in [-0.1, -0.05) is 13.8 Å². The number of H-pyrrole nitrogens is 1. The van der Waals surface area contributed by atoms with Crippen molar-refractivity contribution in [2.75, 3.05) is 0 Å². The van der Waals surface area contributed by atoms with Crippen LogP contribution in [0, 0.1) is 5.41 Å². The van der Waals surface area contributed by atoms with Crippen LogP contribution in [0.15, 0.2) is 11.4 Å². The van der Waals surface area contributed by atoms with Crippen LogP contribution >= 0.6 is 11.3 Å². The highest BCUT2D eigenvalue weighted by atomic mass is 32.1. The molecule has 3 heteroatoms. The van der Waals surface area contributed by atoms with Crippen LogP contribution in [-0.4, -0.2) is 10.8 Å². The molecule has 0 spiro atoms. The quantitative estimate of drug-likeness (QED) is 0.724. The number of hydrogen-bond acceptors (Lipinski definition) is 2. The van der Waals surface area contributed by atoms with Gasteiger partial charge >= 0.3 is 0 Å². The average Bonchev–Trinajstić information content (AvgIpc) is 2.58. The molecule has 1 N–H and O–H groups in total. The van der Waals surface area contributed by atoms with E-state index < -0.39 is 0 Å². The van der Waals surface area contributed by atoms with E-state index in [-0.39, 0.29) is 5.41 Å². The zero-order valence-corrected chi connectivity index (χ0v) is 9.70.